The number of nitrogens with zero attached hydrogens (tertiary/aromatic N) is 3. The SMILES string of the molecule is N#Cc1ccc(-c2cc(CN3[C@@H]4CC[C@H]3[C@@H](N)C4)ccc2N2CCC(CF)CC2)cc1F. The van der Waals surface area contributed by atoms with Crippen molar-refractivity contribution in [2.45, 2.75) is 56.8 Å². The predicted molar refractivity (Wildman–Crippen MR) is 122 cm³/mol. The quantitative estimate of drug-likeness (QED) is 0.744. The number of anilines is 1. The molecule has 4 nitrogen and oxygen atoms in total. The van der Waals surface area contributed by atoms with Gasteiger partial charge >= 0.3 is 0 Å². The average molecular weight is 437 g/mol. The summed E-state index contributed by atoms with van der Waals surface area (Å²) in [6.45, 7) is 2.18. The molecule has 5 rings (SSSR count). The molecular formula is C26H30F2N4. The molecule has 32 heavy (non-hydrogen) atoms. The van der Waals surface area contributed by atoms with Gasteiger partial charge in [-0.15, -0.1) is 0 Å². The molecule has 2 aromatic rings. The highest BCUT2D eigenvalue weighted by molar-refractivity contribution is 5.80. The van der Waals surface area contributed by atoms with Crippen LogP contribution in [0.1, 0.15) is 43.2 Å². The Labute approximate surface area is 188 Å². The van der Waals surface area contributed by atoms with Gasteiger partial charge in [0.25, 0.3) is 0 Å². The van der Waals surface area contributed by atoms with E-state index in [-0.39, 0.29) is 24.2 Å². The summed E-state index contributed by atoms with van der Waals surface area (Å²) in [4.78, 5) is 4.83. The van der Waals surface area contributed by atoms with Crippen molar-refractivity contribution in [2.75, 3.05) is 24.7 Å². The summed E-state index contributed by atoms with van der Waals surface area (Å²) < 4.78 is 27.6. The van der Waals surface area contributed by atoms with Crippen molar-refractivity contribution in [3.8, 4) is 17.2 Å². The Hall–Kier alpha value is -2.49. The molecule has 0 aromatic heterocycles. The van der Waals surface area contributed by atoms with Crippen molar-refractivity contribution in [1.82, 2.24) is 4.90 Å². The summed E-state index contributed by atoms with van der Waals surface area (Å²) in [6, 6.07) is 14.5. The van der Waals surface area contributed by atoms with Crippen LogP contribution in [0.2, 0.25) is 0 Å². The van der Waals surface area contributed by atoms with Crippen LogP contribution in [0.4, 0.5) is 14.5 Å². The number of nitriles is 1. The molecule has 3 atom stereocenters. The second-order valence-electron chi connectivity index (χ2n) is 9.61. The third-order valence-electron chi connectivity index (χ3n) is 7.73. The van der Waals surface area contributed by atoms with Gasteiger partial charge in [0.2, 0.25) is 0 Å². The van der Waals surface area contributed by atoms with Gasteiger partial charge < -0.3 is 10.6 Å². The minimum atomic E-state index is -0.499. The van der Waals surface area contributed by atoms with Gasteiger partial charge in [-0.3, -0.25) is 9.29 Å². The van der Waals surface area contributed by atoms with Crippen LogP contribution in [-0.2, 0) is 6.54 Å². The van der Waals surface area contributed by atoms with Gasteiger partial charge in [0.05, 0.1) is 12.2 Å². The molecule has 0 saturated carbocycles. The molecule has 2 aromatic carbocycles. The Kier molecular flexibility index (Phi) is 5.88. The third kappa shape index (κ3) is 3.89. The van der Waals surface area contributed by atoms with Crippen LogP contribution in [0.5, 0.6) is 0 Å². The Bertz CT molecular complexity index is 1020. The second kappa shape index (κ2) is 8.80. The lowest BCUT2D eigenvalue weighted by molar-refractivity contribution is 0.239. The summed E-state index contributed by atoms with van der Waals surface area (Å²) in [5.74, 6) is -0.364. The van der Waals surface area contributed by atoms with Gasteiger partial charge in [-0.25, -0.2) is 4.39 Å². The average Bonchev–Trinajstić information content (AvgIpc) is 3.34. The maximum atomic E-state index is 14.5. The Morgan fingerprint density at radius 1 is 1.06 bits per heavy atom. The van der Waals surface area contributed by atoms with Gasteiger partial charge in [0.15, 0.2) is 0 Å². The molecule has 0 aliphatic carbocycles. The molecular weight excluding hydrogens is 406 g/mol. The maximum absolute atomic E-state index is 14.5. The normalized spacial score (nSPS) is 25.9. The molecule has 0 unspecified atom stereocenters. The van der Waals surface area contributed by atoms with Gasteiger partial charge in [0.1, 0.15) is 11.9 Å². The van der Waals surface area contributed by atoms with Crippen LogP contribution in [0.15, 0.2) is 36.4 Å². The summed E-state index contributed by atoms with van der Waals surface area (Å²) >= 11 is 0. The Morgan fingerprint density at radius 3 is 2.50 bits per heavy atom. The summed E-state index contributed by atoms with van der Waals surface area (Å²) in [7, 11) is 0. The summed E-state index contributed by atoms with van der Waals surface area (Å²) in [5.41, 5.74) is 10.4. The minimum Gasteiger partial charge on any atom is -0.371 e. The molecule has 0 amide bonds. The lowest BCUT2D eigenvalue weighted by Gasteiger charge is -2.34. The van der Waals surface area contributed by atoms with E-state index >= 15 is 0 Å². The smallest absolute Gasteiger partial charge is 0.141 e. The van der Waals surface area contributed by atoms with Crippen LogP contribution in [-0.4, -0.2) is 42.8 Å². The highest BCUT2D eigenvalue weighted by Crippen LogP contribution is 2.40. The maximum Gasteiger partial charge on any atom is 0.141 e. The predicted octanol–water partition coefficient (Wildman–Crippen LogP) is 4.61. The largest absolute Gasteiger partial charge is 0.371 e. The summed E-state index contributed by atoms with van der Waals surface area (Å²) in [6.07, 6.45) is 5.11. The fourth-order valence-electron chi connectivity index (χ4n) is 5.90. The number of alkyl halides is 1. The molecule has 3 saturated heterocycles. The number of hydrogen-bond acceptors (Lipinski definition) is 4. The third-order valence-corrected chi connectivity index (χ3v) is 7.73. The van der Waals surface area contributed by atoms with Crippen LogP contribution < -0.4 is 10.6 Å². The number of hydrogen-bond donors (Lipinski definition) is 1. The lowest BCUT2D eigenvalue weighted by atomic mass is 9.94. The van der Waals surface area contributed by atoms with Crippen LogP contribution in [0.3, 0.4) is 0 Å². The zero-order valence-electron chi connectivity index (χ0n) is 18.3. The van der Waals surface area contributed by atoms with E-state index in [4.69, 9.17) is 11.0 Å². The zero-order valence-corrected chi connectivity index (χ0v) is 18.3. The van der Waals surface area contributed by atoms with Crippen molar-refractivity contribution in [2.24, 2.45) is 11.7 Å². The van der Waals surface area contributed by atoms with Crippen LogP contribution >= 0.6 is 0 Å². The zero-order chi connectivity index (χ0) is 22.2. The van der Waals surface area contributed by atoms with Crippen molar-refractivity contribution in [1.29, 1.82) is 5.26 Å². The van der Waals surface area contributed by atoms with E-state index in [0.29, 0.717) is 12.1 Å². The fraction of sp³-hybridized carbons (Fsp3) is 0.500. The molecule has 6 heteroatoms. The molecule has 2 N–H and O–H groups in total. The molecule has 2 bridgehead atoms. The van der Waals surface area contributed by atoms with Crippen LogP contribution in [0, 0.1) is 23.1 Å². The Balaban J connectivity index is 1.48. The lowest BCUT2D eigenvalue weighted by Crippen LogP contribution is -2.36. The van der Waals surface area contributed by atoms with E-state index < -0.39 is 5.82 Å². The molecule has 0 radical (unpaired) electrons. The number of rotatable bonds is 5. The molecule has 3 fully saturated rings. The van der Waals surface area contributed by atoms with Gasteiger partial charge in [0, 0.05) is 49.0 Å². The van der Waals surface area contributed by atoms with Gasteiger partial charge in [-0.2, -0.15) is 5.26 Å². The van der Waals surface area contributed by atoms with E-state index in [1.54, 1.807) is 6.07 Å². The number of piperidine rings is 1. The van der Waals surface area contributed by atoms with Gasteiger partial charge in [-0.05, 0) is 73.4 Å². The summed E-state index contributed by atoms with van der Waals surface area (Å²) in [5, 5.41) is 9.12. The highest BCUT2D eigenvalue weighted by Gasteiger charge is 2.44. The number of halogens is 2. The van der Waals surface area contributed by atoms with E-state index in [0.717, 1.165) is 55.7 Å². The first-order valence-corrected chi connectivity index (χ1v) is 11.7. The van der Waals surface area contributed by atoms with Crippen molar-refractivity contribution in [3.05, 3.63) is 53.3 Å². The van der Waals surface area contributed by atoms with E-state index in [9.17, 15) is 8.78 Å². The monoisotopic (exact) mass is 436 g/mol. The molecule has 3 aliphatic heterocycles. The van der Waals surface area contributed by atoms with Crippen LogP contribution in [0.25, 0.3) is 11.1 Å². The van der Waals surface area contributed by atoms with E-state index in [2.05, 4.69) is 28.0 Å². The first-order chi connectivity index (χ1) is 15.6. The Morgan fingerprint density at radius 2 is 1.88 bits per heavy atom. The van der Waals surface area contributed by atoms with Crippen molar-refractivity contribution < 1.29 is 8.78 Å². The number of benzene rings is 2. The first-order valence-electron chi connectivity index (χ1n) is 11.7. The van der Waals surface area contributed by atoms with E-state index in [1.807, 2.05) is 12.1 Å². The number of fused-ring (bicyclic) bond motifs is 2. The molecule has 168 valence electrons. The van der Waals surface area contributed by atoms with Gasteiger partial charge in [-0.1, -0.05) is 12.1 Å². The topological polar surface area (TPSA) is 56.3 Å². The first kappa shape index (κ1) is 21.4. The van der Waals surface area contributed by atoms with Crippen molar-refractivity contribution in [3.63, 3.8) is 0 Å². The standard InChI is InChI=1S/C26H30F2N4/c27-14-17-7-9-31(10-8-17)25-5-1-18(16-32-21-4-6-26(32)24(30)13-21)11-22(25)19-2-3-20(15-29)23(28)12-19/h1-3,5,11-12,17,21,24,26H,4,6-10,13-14,16,30H2/t21-,24+,26+/m1/s1. The molecule has 3 heterocycles. The molecule has 3 aliphatic rings. The van der Waals surface area contributed by atoms with E-state index in [1.165, 1.54) is 24.5 Å². The minimum absolute atomic E-state index is 0.0536. The molecule has 0 spiro atoms. The fourth-order valence-corrected chi connectivity index (χ4v) is 5.90. The second-order valence-corrected chi connectivity index (χ2v) is 9.61. The van der Waals surface area contributed by atoms with Crippen molar-refractivity contribution >= 4 is 5.69 Å². The number of nitrogens with two attached hydrogens (primary N) is 1. The highest BCUT2D eigenvalue weighted by atomic mass is 19.1.